The maximum atomic E-state index is 13.6. The van der Waals surface area contributed by atoms with Crippen LogP contribution in [-0.2, 0) is 11.2 Å². The molecular weight excluding hydrogens is 309 g/mol. The monoisotopic (exact) mass is 321 g/mol. The number of hydrogen-bond acceptors (Lipinski definition) is 2. The highest BCUT2D eigenvalue weighted by Gasteiger charge is 2.23. The van der Waals surface area contributed by atoms with Gasteiger partial charge in [-0.3, -0.25) is 4.79 Å². The van der Waals surface area contributed by atoms with Crippen LogP contribution < -0.4 is 5.32 Å². The first-order valence-corrected chi connectivity index (χ1v) is 6.88. The number of aliphatic carboxylic acids is 1. The summed E-state index contributed by atoms with van der Waals surface area (Å²) in [6.45, 7) is 0. The number of amides is 1. The zero-order valence-corrected chi connectivity index (χ0v) is 12.2. The van der Waals surface area contributed by atoms with Crippen LogP contribution in [0.15, 0.2) is 48.5 Å². The third kappa shape index (κ3) is 3.83. The number of halogens is 2. The molecular formula is C16H13ClFNO3. The van der Waals surface area contributed by atoms with Gasteiger partial charge < -0.3 is 10.4 Å². The fourth-order valence-corrected chi connectivity index (χ4v) is 2.19. The Morgan fingerprint density at radius 1 is 1.14 bits per heavy atom. The average molecular weight is 322 g/mol. The number of nitrogens with one attached hydrogen (secondary N) is 1. The second kappa shape index (κ2) is 7.04. The summed E-state index contributed by atoms with van der Waals surface area (Å²) < 4.78 is 13.6. The summed E-state index contributed by atoms with van der Waals surface area (Å²) in [6.07, 6.45) is -0.155. The molecule has 4 nitrogen and oxygen atoms in total. The molecule has 0 fully saturated rings. The Labute approximate surface area is 131 Å². The van der Waals surface area contributed by atoms with Crippen LogP contribution in [0.25, 0.3) is 0 Å². The first-order chi connectivity index (χ1) is 10.5. The smallest absolute Gasteiger partial charge is 0.326 e. The van der Waals surface area contributed by atoms with E-state index in [1.54, 1.807) is 18.2 Å². The van der Waals surface area contributed by atoms with Gasteiger partial charge in [0.05, 0.1) is 10.6 Å². The molecule has 6 heteroatoms. The average Bonchev–Trinajstić information content (AvgIpc) is 2.49. The second-order valence-corrected chi connectivity index (χ2v) is 5.05. The van der Waals surface area contributed by atoms with Gasteiger partial charge in [0.1, 0.15) is 11.9 Å². The predicted molar refractivity (Wildman–Crippen MR) is 80.4 cm³/mol. The molecule has 0 aliphatic rings. The molecule has 0 aromatic heterocycles. The minimum Gasteiger partial charge on any atom is -0.480 e. The Kier molecular flexibility index (Phi) is 5.12. The zero-order chi connectivity index (χ0) is 16.1. The minimum absolute atomic E-state index is 0.155. The minimum atomic E-state index is -1.25. The number of carboxylic acids is 1. The van der Waals surface area contributed by atoms with Gasteiger partial charge in [-0.25, -0.2) is 9.18 Å². The molecule has 0 aliphatic heterocycles. The van der Waals surface area contributed by atoms with E-state index in [2.05, 4.69) is 5.32 Å². The molecule has 0 saturated carbocycles. The molecule has 0 heterocycles. The van der Waals surface area contributed by atoms with Gasteiger partial charge in [0.25, 0.3) is 5.91 Å². The van der Waals surface area contributed by atoms with Crippen LogP contribution in [0.4, 0.5) is 4.39 Å². The van der Waals surface area contributed by atoms with Gasteiger partial charge in [-0.05, 0) is 23.8 Å². The normalized spacial score (nSPS) is 11.7. The second-order valence-electron chi connectivity index (χ2n) is 4.64. The van der Waals surface area contributed by atoms with Crippen LogP contribution in [0.2, 0.25) is 5.02 Å². The molecule has 1 amide bonds. The van der Waals surface area contributed by atoms with Crippen LogP contribution >= 0.6 is 11.6 Å². The van der Waals surface area contributed by atoms with E-state index < -0.39 is 23.7 Å². The predicted octanol–water partition coefficient (Wildman–Crippen LogP) is 2.90. The summed E-state index contributed by atoms with van der Waals surface area (Å²) in [5.74, 6) is -2.38. The quantitative estimate of drug-likeness (QED) is 0.890. The summed E-state index contributed by atoms with van der Waals surface area (Å²) in [6, 6.07) is 10.9. The molecule has 2 aromatic rings. The van der Waals surface area contributed by atoms with E-state index in [0.717, 1.165) is 0 Å². The number of hydrogen-bond donors (Lipinski definition) is 2. The van der Waals surface area contributed by atoms with Crippen LogP contribution in [-0.4, -0.2) is 23.0 Å². The Balaban J connectivity index is 2.16. The first kappa shape index (κ1) is 16.0. The van der Waals surface area contributed by atoms with E-state index in [0.29, 0.717) is 0 Å². The molecule has 114 valence electrons. The van der Waals surface area contributed by atoms with Crippen molar-refractivity contribution in [1.29, 1.82) is 0 Å². The summed E-state index contributed by atoms with van der Waals surface area (Å²) in [5.41, 5.74) is 0.387. The lowest BCUT2D eigenvalue weighted by molar-refractivity contribution is -0.139. The van der Waals surface area contributed by atoms with E-state index in [1.165, 1.54) is 30.3 Å². The van der Waals surface area contributed by atoms with Crippen LogP contribution in [0.5, 0.6) is 0 Å². The van der Waals surface area contributed by atoms with Gasteiger partial charge >= 0.3 is 5.97 Å². The van der Waals surface area contributed by atoms with Crippen LogP contribution in [0.3, 0.4) is 0 Å². The summed E-state index contributed by atoms with van der Waals surface area (Å²) in [7, 11) is 0. The van der Waals surface area contributed by atoms with Crippen molar-refractivity contribution in [1.82, 2.24) is 5.32 Å². The topological polar surface area (TPSA) is 66.4 Å². The SMILES string of the molecule is O=C(N[C@H](Cc1ccccc1F)C(=O)O)c1ccccc1Cl. The number of carboxylic acid groups (broad SMARTS) is 1. The molecule has 0 spiro atoms. The maximum absolute atomic E-state index is 13.6. The molecule has 2 aromatic carbocycles. The summed E-state index contributed by atoms with van der Waals surface area (Å²) in [5, 5.41) is 11.8. The van der Waals surface area contributed by atoms with Gasteiger partial charge in [-0.1, -0.05) is 41.9 Å². The molecule has 0 saturated heterocycles. The van der Waals surface area contributed by atoms with Gasteiger partial charge in [0.15, 0.2) is 0 Å². The summed E-state index contributed by atoms with van der Waals surface area (Å²) in [4.78, 5) is 23.4. The highest BCUT2D eigenvalue weighted by molar-refractivity contribution is 6.33. The largest absolute Gasteiger partial charge is 0.480 e. The van der Waals surface area contributed by atoms with E-state index >= 15 is 0 Å². The lowest BCUT2D eigenvalue weighted by Gasteiger charge is -2.15. The first-order valence-electron chi connectivity index (χ1n) is 6.50. The van der Waals surface area contributed by atoms with Gasteiger partial charge in [0, 0.05) is 6.42 Å². The molecule has 0 unspecified atom stereocenters. The molecule has 0 bridgehead atoms. The molecule has 0 aliphatic carbocycles. The van der Waals surface area contributed by atoms with E-state index in [4.69, 9.17) is 11.6 Å². The lowest BCUT2D eigenvalue weighted by Crippen LogP contribution is -2.42. The van der Waals surface area contributed by atoms with E-state index in [1.807, 2.05) is 0 Å². The van der Waals surface area contributed by atoms with Crippen molar-refractivity contribution in [3.63, 3.8) is 0 Å². The number of benzene rings is 2. The standard InChI is InChI=1S/C16H13ClFNO3/c17-12-7-3-2-6-11(12)15(20)19-14(16(21)22)9-10-5-1-4-8-13(10)18/h1-8,14H,9H2,(H,19,20)(H,21,22)/t14-/m1/s1. The highest BCUT2D eigenvalue weighted by Crippen LogP contribution is 2.15. The van der Waals surface area contributed by atoms with Gasteiger partial charge in [-0.15, -0.1) is 0 Å². The van der Waals surface area contributed by atoms with Crippen molar-refractivity contribution < 1.29 is 19.1 Å². The maximum Gasteiger partial charge on any atom is 0.326 e. The van der Waals surface area contributed by atoms with Gasteiger partial charge in [0.2, 0.25) is 0 Å². The fraction of sp³-hybridized carbons (Fsp3) is 0.125. The molecule has 2 rings (SSSR count). The van der Waals surface area contributed by atoms with E-state index in [9.17, 15) is 19.1 Å². The Morgan fingerprint density at radius 2 is 1.77 bits per heavy atom. The Bertz CT molecular complexity index is 705. The summed E-state index contributed by atoms with van der Waals surface area (Å²) >= 11 is 5.90. The fourth-order valence-electron chi connectivity index (χ4n) is 1.97. The van der Waals surface area contributed by atoms with Gasteiger partial charge in [-0.2, -0.15) is 0 Å². The Morgan fingerprint density at radius 3 is 2.41 bits per heavy atom. The Hall–Kier alpha value is -2.40. The lowest BCUT2D eigenvalue weighted by atomic mass is 10.0. The molecule has 0 radical (unpaired) electrons. The number of carbonyl (C=O) groups is 2. The molecule has 2 N–H and O–H groups in total. The van der Waals surface area contributed by atoms with Crippen molar-refractivity contribution in [2.24, 2.45) is 0 Å². The number of rotatable bonds is 5. The van der Waals surface area contributed by atoms with Crippen molar-refractivity contribution in [3.05, 3.63) is 70.5 Å². The van der Waals surface area contributed by atoms with Crippen LogP contribution in [0.1, 0.15) is 15.9 Å². The third-order valence-electron chi connectivity index (χ3n) is 3.10. The van der Waals surface area contributed by atoms with Crippen molar-refractivity contribution in [3.8, 4) is 0 Å². The van der Waals surface area contributed by atoms with Crippen LogP contribution in [0, 0.1) is 5.82 Å². The molecule has 1 atom stereocenters. The third-order valence-corrected chi connectivity index (χ3v) is 3.43. The zero-order valence-electron chi connectivity index (χ0n) is 11.4. The highest BCUT2D eigenvalue weighted by atomic mass is 35.5. The number of carbonyl (C=O) groups excluding carboxylic acids is 1. The van der Waals surface area contributed by atoms with Crippen molar-refractivity contribution >= 4 is 23.5 Å². The van der Waals surface area contributed by atoms with Crippen molar-refractivity contribution in [2.75, 3.05) is 0 Å². The van der Waals surface area contributed by atoms with E-state index in [-0.39, 0.29) is 22.6 Å². The van der Waals surface area contributed by atoms with Crippen molar-refractivity contribution in [2.45, 2.75) is 12.5 Å². The molecule has 22 heavy (non-hydrogen) atoms.